The topological polar surface area (TPSA) is 82.3 Å². The van der Waals surface area contributed by atoms with E-state index < -0.39 is 0 Å². The highest BCUT2D eigenvalue weighted by molar-refractivity contribution is 6.01. The highest BCUT2D eigenvalue weighted by atomic mass is 16.2. The maximum absolute atomic E-state index is 11.7. The van der Waals surface area contributed by atoms with Crippen molar-refractivity contribution in [2.75, 3.05) is 14.1 Å². The minimum absolute atomic E-state index is 0.202. The Kier molecular flexibility index (Phi) is 4.29. The number of hydrogen-bond acceptors (Lipinski definition) is 4. The van der Waals surface area contributed by atoms with E-state index >= 15 is 0 Å². The zero-order valence-electron chi connectivity index (χ0n) is 11.3. The Hall–Kier alpha value is -2.44. The number of fused-ring (bicyclic) bond motifs is 1. The predicted octanol–water partition coefficient (Wildman–Crippen LogP) is 0.568. The zero-order valence-corrected chi connectivity index (χ0v) is 11.3. The highest BCUT2D eigenvalue weighted by Crippen LogP contribution is 2.18. The standard InChI is InChI=1S/C14H16N4O2/c1-15-17-13(19)11-5-3-10-8-12(14(20)18-16-2)6-4-9(10)7-11/h3-8,15-16H,1-2H3,(H,17,19)(H,18,20). The van der Waals surface area contributed by atoms with Crippen LogP contribution in [-0.2, 0) is 0 Å². The van der Waals surface area contributed by atoms with Gasteiger partial charge in [0.1, 0.15) is 0 Å². The van der Waals surface area contributed by atoms with Crippen molar-refractivity contribution in [2.45, 2.75) is 0 Å². The van der Waals surface area contributed by atoms with Crippen molar-refractivity contribution in [3.8, 4) is 0 Å². The minimum Gasteiger partial charge on any atom is -0.288 e. The Balaban J connectivity index is 2.34. The molecule has 6 nitrogen and oxygen atoms in total. The number of benzene rings is 2. The molecule has 20 heavy (non-hydrogen) atoms. The molecule has 0 unspecified atom stereocenters. The van der Waals surface area contributed by atoms with Crippen LogP contribution < -0.4 is 21.7 Å². The summed E-state index contributed by atoms with van der Waals surface area (Å²) in [6, 6.07) is 10.6. The molecule has 2 aromatic carbocycles. The number of carbonyl (C=O) groups excluding carboxylic acids is 2. The van der Waals surface area contributed by atoms with Crippen LogP contribution in [0.25, 0.3) is 10.8 Å². The van der Waals surface area contributed by atoms with Crippen LogP contribution in [-0.4, -0.2) is 25.9 Å². The van der Waals surface area contributed by atoms with Gasteiger partial charge in [-0.2, -0.15) is 0 Å². The summed E-state index contributed by atoms with van der Waals surface area (Å²) in [6.07, 6.45) is 0. The van der Waals surface area contributed by atoms with Gasteiger partial charge in [-0.3, -0.25) is 20.4 Å². The Bertz CT molecular complexity index is 597. The maximum Gasteiger partial charge on any atom is 0.265 e. The van der Waals surface area contributed by atoms with E-state index in [0.29, 0.717) is 11.1 Å². The third kappa shape index (κ3) is 2.93. The molecule has 6 heteroatoms. The van der Waals surface area contributed by atoms with Crippen LogP contribution in [0, 0.1) is 0 Å². The average Bonchev–Trinajstić information content (AvgIpc) is 2.46. The van der Waals surface area contributed by atoms with E-state index in [1.807, 2.05) is 12.1 Å². The van der Waals surface area contributed by atoms with E-state index in [0.717, 1.165) is 10.8 Å². The van der Waals surface area contributed by atoms with Crippen molar-refractivity contribution in [1.29, 1.82) is 0 Å². The zero-order chi connectivity index (χ0) is 14.5. The summed E-state index contributed by atoms with van der Waals surface area (Å²) < 4.78 is 0. The third-order valence-corrected chi connectivity index (χ3v) is 2.84. The van der Waals surface area contributed by atoms with Gasteiger partial charge in [0.25, 0.3) is 11.8 Å². The first-order valence-corrected chi connectivity index (χ1v) is 6.13. The molecule has 2 amide bonds. The van der Waals surface area contributed by atoms with Crippen molar-refractivity contribution < 1.29 is 9.59 Å². The minimum atomic E-state index is -0.202. The second-order valence-electron chi connectivity index (χ2n) is 4.18. The number of hydrazine groups is 2. The molecule has 0 aliphatic rings. The van der Waals surface area contributed by atoms with Crippen LogP contribution >= 0.6 is 0 Å². The molecule has 0 aliphatic carbocycles. The van der Waals surface area contributed by atoms with Crippen LogP contribution in [0.5, 0.6) is 0 Å². The van der Waals surface area contributed by atoms with Crippen molar-refractivity contribution in [3.05, 3.63) is 47.5 Å². The Morgan fingerprint density at radius 3 is 1.50 bits per heavy atom. The van der Waals surface area contributed by atoms with Crippen molar-refractivity contribution in [1.82, 2.24) is 21.7 Å². The first kappa shape index (κ1) is 14.0. The van der Waals surface area contributed by atoms with E-state index in [1.54, 1.807) is 38.4 Å². The predicted molar refractivity (Wildman–Crippen MR) is 77.0 cm³/mol. The summed E-state index contributed by atoms with van der Waals surface area (Å²) in [7, 11) is 3.26. The van der Waals surface area contributed by atoms with Gasteiger partial charge >= 0.3 is 0 Å². The molecule has 104 valence electrons. The Morgan fingerprint density at radius 1 is 0.750 bits per heavy atom. The van der Waals surface area contributed by atoms with Crippen LogP contribution in [0.2, 0.25) is 0 Å². The lowest BCUT2D eigenvalue weighted by Crippen LogP contribution is -2.34. The lowest BCUT2D eigenvalue weighted by atomic mass is 10.0. The molecule has 0 aliphatic heterocycles. The molecule has 0 heterocycles. The molecular formula is C14H16N4O2. The van der Waals surface area contributed by atoms with Crippen molar-refractivity contribution in [3.63, 3.8) is 0 Å². The third-order valence-electron chi connectivity index (χ3n) is 2.84. The molecule has 0 aromatic heterocycles. The molecule has 0 saturated heterocycles. The SMILES string of the molecule is CNNC(=O)c1ccc2cc(C(=O)NNC)ccc2c1. The van der Waals surface area contributed by atoms with Crippen LogP contribution in [0.4, 0.5) is 0 Å². The summed E-state index contributed by atoms with van der Waals surface area (Å²) in [5, 5.41) is 1.80. The fraction of sp³-hybridized carbons (Fsp3) is 0.143. The average molecular weight is 272 g/mol. The first-order valence-electron chi connectivity index (χ1n) is 6.13. The quantitative estimate of drug-likeness (QED) is 0.613. The highest BCUT2D eigenvalue weighted by Gasteiger charge is 2.08. The number of rotatable bonds is 4. The van der Waals surface area contributed by atoms with E-state index in [-0.39, 0.29) is 11.8 Å². The molecule has 0 bridgehead atoms. The molecule has 0 saturated carbocycles. The van der Waals surface area contributed by atoms with Gasteiger partial charge < -0.3 is 0 Å². The number of hydrogen-bond donors (Lipinski definition) is 4. The van der Waals surface area contributed by atoms with Gasteiger partial charge in [-0.25, -0.2) is 10.9 Å². The molecule has 2 aromatic rings. The number of amides is 2. The molecule has 0 spiro atoms. The monoisotopic (exact) mass is 272 g/mol. The van der Waals surface area contributed by atoms with Crippen molar-refractivity contribution in [2.24, 2.45) is 0 Å². The van der Waals surface area contributed by atoms with Crippen LogP contribution in [0.1, 0.15) is 20.7 Å². The molecular weight excluding hydrogens is 256 g/mol. The van der Waals surface area contributed by atoms with Gasteiger partial charge in [0.05, 0.1) is 0 Å². The second-order valence-corrected chi connectivity index (χ2v) is 4.18. The van der Waals surface area contributed by atoms with E-state index in [2.05, 4.69) is 21.7 Å². The van der Waals surface area contributed by atoms with Crippen molar-refractivity contribution >= 4 is 22.6 Å². The summed E-state index contributed by atoms with van der Waals surface area (Å²) in [5.74, 6) is -0.405. The Morgan fingerprint density at radius 2 is 1.15 bits per heavy atom. The molecule has 0 fully saturated rings. The summed E-state index contributed by atoms with van der Waals surface area (Å²) >= 11 is 0. The Labute approximate surface area is 116 Å². The lowest BCUT2D eigenvalue weighted by molar-refractivity contribution is 0.0929. The van der Waals surface area contributed by atoms with Gasteiger partial charge in [-0.1, -0.05) is 12.1 Å². The summed E-state index contributed by atoms with van der Waals surface area (Å²) in [5.41, 5.74) is 11.3. The van der Waals surface area contributed by atoms with E-state index in [1.165, 1.54) is 0 Å². The first-order chi connectivity index (χ1) is 9.65. The summed E-state index contributed by atoms with van der Waals surface area (Å²) in [6.45, 7) is 0. The van der Waals surface area contributed by atoms with Gasteiger partial charge in [0.15, 0.2) is 0 Å². The second kappa shape index (κ2) is 6.14. The van der Waals surface area contributed by atoms with Gasteiger partial charge in [0, 0.05) is 25.2 Å². The van der Waals surface area contributed by atoms with E-state index in [4.69, 9.17) is 0 Å². The van der Waals surface area contributed by atoms with E-state index in [9.17, 15) is 9.59 Å². The largest absolute Gasteiger partial charge is 0.288 e. The smallest absolute Gasteiger partial charge is 0.265 e. The van der Waals surface area contributed by atoms with Gasteiger partial charge in [0.2, 0.25) is 0 Å². The normalized spacial score (nSPS) is 10.3. The fourth-order valence-corrected chi connectivity index (χ4v) is 1.90. The van der Waals surface area contributed by atoms with Crippen LogP contribution in [0.3, 0.4) is 0 Å². The number of nitrogens with one attached hydrogen (secondary N) is 4. The molecule has 0 radical (unpaired) electrons. The molecule has 0 atom stereocenters. The molecule has 2 rings (SSSR count). The lowest BCUT2D eigenvalue weighted by Gasteiger charge is -2.07. The van der Waals surface area contributed by atoms with Crippen LogP contribution in [0.15, 0.2) is 36.4 Å². The summed E-state index contributed by atoms with van der Waals surface area (Å²) in [4.78, 5) is 23.4. The van der Waals surface area contributed by atoms with Gasteiger partial charge in [-0.15, -0.1) is 0 Å². The number of carbonyl (C=O) groups is 2. The van der Waals surface area contributed by atoms with Gasteiger partial charge in [-0.05, 0) is 35.0 Å². The fourth-order valence-electron chi connectivity index (χ4n) is 1.90. The molecule has 4 N–H and O–H groups in total. The maximum atomic E-state index is 11.7.